The van der Waals surface area contributed by atoms with E-state index in [0.717, 1.165) is 5.69 Å². The number of benzene rings is 1. The Morgan fingerprint density at radius 2 is 2.07 bits per heavy atom. The number of hydrogen-bond donors (Lipinski definition) is 1. The van der Waals surface area contributed by atoms with Gasteiger partial charge >= 0.3 is 5.97 Å². The number of aryl methyl sites for hydroxylation is 2. The topological polar surface area (TPSA) is 108 Å². The van der Waals surface area contributed by atoms with Crippen molar-refractivity contribution in [2.45, 2.75) is 20.3 Å². The summed E-state index contributed by atoms with van der Waals surface area (Å²) in [6.07, 6.45) is 1.36. The smallest absolute Gasteiger partial charge is 0.310 e. The molecule has 0 bridgehead atoms. The van der Waals surface area contributed by atoms with E-state index in [1.54, 1.807) is 29.6 Å². The number of methoxy groups -OCH3 is 1. The zero-order valence-electron chi connectivity index (χ0n) is 15.5. The van der Waals surface area contributed by atoms with Crippen LogP contribution in [-0.2, 0) is 20.7 Å². The van der Waals surface area contributed by atoms with Crippen LogP contribution in [0.25, 0.3) is 5.78 Å². The van der Waals surface area contributed by atoms with Crippen LogP contribution in [0.1, 0.15) is 17.0 Å². The van der Waals surface area contributed by atoms with Crippen LogP contribution < -0.4 is 10.1 Å². The number of aromatic nitrogens is 4. The van der Waals surface area contributed by atoms with Crippen molar-refractivity contribution in [2.75, 3.05) is 19.0 Å². The molecule has 0 spiro atoms. The van der Waals surface area contributed by atoms with Crippen molar-refractivity contribution < 1.29 is 19.1 Å². The molecule has 0 atom stereocenters. The number of ether oxygens (including phenoxy) is 2. The van der Waals surface area contributed by atoms with Crippen molar-refractivity contribution in [1.29, 1.82) is 0 Å². The number of rotatable bonds is 6. The summed E-state index contributed by atoms with van der Waals surface area (Å²) in [7, 11) is 1.48. The lowest BCUT2D eigenvalue weighted by molar-refractivity contribution is -0.146. The molecule has 0 unspecified atom stereocenters. The number of anilines is 1. The fourth-order valence-corrected chi connectivity index (χ4v) is 2.89. The molecule has 0 aliphatic heterocycles. The molecular formula is C18H18ClN5O4. The summed E-state index contributed by atoms with van der Waals surface area (Å²) in [5.74, 6) is -0.155. The summed E-state index contributed by atoms with van der Waals surface area (Å²) < 4.78 is 11.8. The summed E-state index contributed by atoms with van der Waals surface area (Å²) in [6.45, 7) is 3.16. The Bertz CT molecular complexity index is 1050. The molecule has 1 amide bonds. The highest BCUT2D eigenvalue weighted by molar-refractivity contribution is 6.31. The number of carbonyl (C=O) groups is 2. The van der Waals surface area contributed by atoms with E-state index in [2.05, 4.69) is 20.4 Å². The van der Waals surface area contributed by atoms with Crippen LogP contribution in [-0.4, -0.2) is 45.2 Å². The molecule has 146 valence electrons. The molecule has 0 aliphatic carbocycles. The minimum atomic E-state index is -0.555. The highest BCUT2D eigenvalue weighted by Crippen LogP contribution is 2.27. The van der Waals surface area contributed by atoms with Gasteiger partial charge in [0.1, 0.15) is 12.1 Å². The van der Waals surface area contributed by atoms with Crippen molar-refractivity contribution in [3.8, 4) is 5.75 Å². The maximum atomic E-state index is 12.2. The van der Waals surface area contributed by atoms with Gasteiger partial charge in [0.2, 0.25) is 0 Å². The standard InChI is InChI=1S/C18H18ClN5O4/c1-10-13(11(2)24-18(22-10)20-9-21-24)7-17(26)28-8-16(25)23-14-6-12(19)4-5-15(14)27-3/h4-6,9H,7-8H2,1-3H3,(H,23,25). The molecule has 0 saturated carbocycles. The van der Waals surface area contributed by atoms with Gasteiger partial charge in [-0.2, -0.15) is 10.1 Å². The van der Waals surface area contributed by atoms with Crippen LogP contribution in [0.15, 0.2) is 24.5 Å². The van der Waals surface area contributed by atoms with Crippen LogP contribution in [0.4, 0.5) is 5.69 Å². The number of esters is 1. The predicted molar refractivity (Wildman–Crippen MR) is 102 cm³/mol. The minimum Gasteiger partial charge on any atom is -0.495 e. The van der Waals surface area contributed by atoms with E-state index in [-0.39, 0.29) is 6.42 Å². The Morgan fingerprint density at radius 1 is 1.29 bits per heavy atom. The minimum absolute atomic E-state index is 0.0335. The van der Waals surface area contributed by atoms with Gasteiger partial charge < -0.3 is 14.8 Å². The molecule has 0 radical (unpaired) electrons. The number of nitrogens with zero attached hydrogens (tertiary/aromatic N) is 4. The van der Waals surface area contributed by atoms with E-state index in [0.29, 0.717) is 33.5 Å². The average Bonchev–Trinajstić information content (AvgIpc) is 3.12. The van der Waals surface area contributed by atoms with E-state index in [4.69, 9.17) is 21.1 Å². The SMILES string of the molecule is COc1ccc(Cl)cc1NC(=O)COC(=O)Cc1c(C)nc2ncnn2c1C. The number of amides is 1. The highest BCUT2D eigenvalue weighted by Gasteiger charge is 2.16. The van der Waals surface area contributed by atoms with Crippen LogP contribution >= 0.6 is 11.6 Å². The van der Waals surface area contributed by atoms with Gasteiger partial charge in [-0.3, -0.25) is 9.59 Å². The first kappa shape index (κ1) is 19.6. The second-order valence-corrected chi connectivity index (χ2v) is 6.40. The van der Waals surface area contributed by atoms with Crippen molar-refractivity contribution in [3.05, 3.63) is 46.5 Å². The molecule has 0 saturated heterocycles. The van der Waals surface area contributed by atoms with Gasteiger partial charge in [0.05, 0.1) is 19.2 Å². The fourth-order valence-electron chi connectivity index (χ4n) is 2.72. The number of carbonyl (C=O) groups excluding carboxylic acids is 2. The van der Waals surface area contributed by atoms with Gasteiger partial charge in [-0.05, 0) is 32.0 Å². The molecule has 1 N–H and O–H groups in total. The lowest BCUT2D eigenvalue weighted by Crippen LogP contribution is -2.22. The Hall–Kier alpha value is -3.20. The summed E-state index contributed by atoms with van der Waals surface area (Å²) in [5, 5.41) is 7.12. The molecular weight excluding hydrogens is 386 g/mol. The van der Waals surface area contributed by atoms with Crippen LogP contribution in [0, 0.1) is 13.8 Å². The maximum Gasteiger partial charge on any atom is 0.310 e. The summed E-state index contributed by atoms with van der Waals surface area (Å²) in [6, 6.07) is 4.81. The first-order valence-corrected chi connectivity index (χ1v) is 8.71. The van der Waals surface area contributed by atoms with Crippen molar-refractivity contribution in [3.63, 3.8) is 0 Å². The largest absolute Gasteiger partial charge is 0.495 e. The summed E-state index contributed by atoms with van der Waals surface area (Å²) in [5.41, 5.74) is 2.47. The lowest BCUT2D eigenvalue weighted by atomic mass is 10.1. The maximum absolute atomic E-state index is 12.2. The lowest BCUT2D eigenvalue weighted by Gasteiger charge is -2.12. The van der Waals surface area contributed by atoms with Crippen LogP contribution in [0.2, 0.25) is 5.02 Å². The van der Waals surface area contributed by atoms with Crippen molar-refractivity contribution in [1.82, 2.24) is 19.6 Å². The second kappa shape index (κ2) is 8.22. The average molecular weight is 404 g/mol. The Balaban J connectivity index is 1.62. The number of halogens is 1. The van der Waals surface area contributed by atoms with Gasteiger partial charge in [-0.15, -0.1) is 0 Å². The monoisotopic (exact) mass is 403 g/mol. The zero-order valence-corrected chi connectivity index (χ0v) is 16.3. The van der Waals surface area contributed by atoms with Crippen LogP contribution in [0.3, 0.4) is 0 Å². The number of fused-ring (bicyclic) bond motifs is 1. The number of hydrogen-bond acceptors (Lipinski definition) is 7. The first-order chi connectivity index (χ1) is 13.4. The number of nitrogens with one attached hydrogen (secondary N) is 1. The van der Waals surface area contributed by atoms with Crippen LogP contribution in [0.5, 0.6) is 5.75 Å². The summed E-state index contributed by atoms with van der Waals surface area (Å²) >= 11 is 5.93. The normalized spacial score (nSPS) is 10.7. The Morgan fingerprint density at radius 3 is 2.82 bits per heavy atom. The quantitative estimate of drug-likeness (QED) is 0.628. The van der Waals surface area contributed by atoms with E-state index < -0.39 is 18.5 Å². The van der Waals surface area contributed by atoms with Gasteiger partial charge in [-0.25, -0.2) is 9.50 Å². The van der Waals surface area contributed by atoms with E-state index in [9.17, 15) is 9.59 Å². The highest BCUT2D eigenvalue weighted by atomic mass is 35.5. The third-order valence-corrected chi connectivity index (χ3v) is 4.34. The molecule has 3 rings (SSSR count). The Kier molecular flexibility index (Phi) is 5.74. The molecule has 10 heteroatoms. The molecule has 0 fully saturated rings. The predicted octanol–water partition coefficient (Wildman–Crippen LogP) is 2.13. The first-order valence-electron chi connectivity index (χ1n) is 8.34. The van der Waals surface area contributed by atoms with Gasteiger partial charge in [0, 0.05) is 22.0 Å². The summed E-state index contributed by atoms with van der Waals surface area (Å²) in [4.78, 5) is 32.6. The van der Waals surface area contributed by atoms with Crippen molar-refractivity contribution >= 4 is 34.9 Å². The molecule has 2 aromatic heterocycles. The van der Waals surface area contributed by atoms with E-state index >= 15 is 0 Å². The molecule has 28 heavy (non-hydrogen) atoms. The molecule has 1 aromatic carbocycles. The molecule has 3 aromatic rings. The Labute approximate surface area is 165 Å². The van der Waals surface area contributed by atoms with E-state index in [1.165, 1.54) is 13.4 Å². The molecule has 9 nitrogen and oxygen atoms in total. The fraction of sp³-hybridized carbons (Fsp3) is 0.278. The third-order valence-electron chi connectivity index (χ3n) is 4.11. The van der Waals surface area contributed by atoms with Crippen molar-refractivity contribution in [2.24, 2.45) is 0 Å². The zero-order chi connectivity index (χ0) is 20.3. The molecule has 2 heterocycles. The van der Waals surface area contributed by atoms with Gasteiger partial charge in [0.15, 0.2) is 6.61 Å². The van der Waals surface area contributed by atoms with Gasteiger partial charge in [0.25, 0.3) is 11.7 Å². The third kappa shape index (κ3) is 4.20. The second-order valence-electron chi connectivity index (χ2n) is 5.96. The van der Waals surface area contributed by atoms with Gasteiger partial charge in [-0.1, -0.05) is 11.6 Å². The van der Waals surface area contributed by atoms with E-state index in [1.807, 2.05) is 6.92 Å². The molecule has 0 aliphatic rings.